The zero-order chi connectivity index (χ0) is 25.8. The average Bonchev–Trinajstić information content (AvgIpc) is 2.79. The molecule has 3 aromatic rings. The van der Waals surface area contributed by atoms with Gasteiger partial charge in [0.2, 0.25) is 15.9 Å². The van der Waals surface area contributed by atoms with Gasteiger partial charge in [0, 0.05) is 16.5 Å². The molecule has 1 N–H and O–H groups in total. The van der Waals surface area contributed by atoms with Crippen LogP contribution in [0.2, 0.25) is 5.02 Å². The molecule has 1 amide bonds. The van der Waals surface area contributed by atoms with E-state index < -0.39 is 10.0 Å². The van der Waals surface area contributed by atoms with Crippen LogP contribution >= 0.6 is 23.4 Å². The molecule has 0 aliphatic carbocycles. The van der Waals surface area contributed by atoms with E-state index in [9.17, 15) is 13.2 Å². The number of halogens is 1. The van der Waals surface area contributed by atoms with E-state index in [1.165, 1.54) is 4.31 Å². The van der Waals surface area contributed by atoms with Crippen LogP contribution in [0.1, 0.15) is 40.8 Å². The van der Waals surface area contributed by atoms with E-state index >= 15 is 0 Å². The van der Waals surface area contributed by atoms with Gasteiger partial charge in [0.05, 0.1) is 17.5 Å². The number of nitrogens with one attached hydrogen (secondary N) is 1. The van der Waals surface area contributed by atoms with E-state index in [1.54, 1.807) is 49.9 Å². The van der Waals surface area contributed by atoms with Crippen molar-refractivity contribution in [3.8, 4) is 0 Å². The molecular weight excluding hydrogens is 500 g/mol. The van der Waals surface area contributed by atoms with Gasteiger partial charge in [0.1, 0.15) is 0 Å². The second-order valence-electron chi connectivity index (χ2n) is 8.69. The lowest BCUT2D eigenvalue weighted by Gasteiger charge is -2.25. The average molecular weight is 531 g/mol. The Morgan fingerprint density at radius 3 is 2.11 bits per heavy atom. The van der Waals surface area contributed by atoms with Crippen LogP contribution in [0.3, 0.4) is 0 Å². The summed E-state index contributed by atoms with van der Waals surface area (Å²) in [6, 6.07) is 18.3. The van der Waals surface area contributed by atoms with Gasteiger partial charge in [-0.2, -0.15) is 4.31 Å². The zero-order valence-corrected chi connectivity index (χ0v) is 23.0. The Hall–Kier alpha value is -2.32. The molecule has 0 aromatic heterocycles. The molecule has 3 aromatic carbocycles. The zero-order valence-electron chi connectivity index (χ0n) is 20.6. The molecule has 186 valence electrons. The topological polar surface area (TPSA) is 66.5 Å². The fourth-order valence-corrected chi connectivity index (χ4v) is 6.48. The predicted molar refractivity (Wildman–Crippen MR) is 144 cm³/mol. The van der Waals surface area contributed by atoms with Crippen molar-refractivity contribution in [2.45, 2.75) is 50.1 Å². The van der Waals surface area contributed by atoms with Gasteiger partial charge in [0.25, 0.3) is 0 Å². The monoisotopic (exact) mass is 530 g/mol. The minimum absolute atomic E-state index is 0.0521. The molecule has 8 heteroatoms. The number of aryl methyl sites for hydroxylation is 3. The van der Waals surface area contributed by atoms with Crippen molar-refractivity contribution in [3.63, 3.8) is 0 Å². The number of thioether (sulfide) groups is 1. The lowest BCUT2D eigenvalue weighted by atomic mass is 10.1. The highest BCUT2D eigenvalue weighted by Crippen LogP contribution is 2.27. The van der Waals surface area contributed by atoms with Crippen molar-refractivity contribution in [2.24, 2.45) is 0 Å². The van der Waals surface area contributed by atoms with Crippen LogP contribution in [-0.4, -0.2) is 31.4 Å². The van der Waals surface area contributed by atoms with Crippen LogP contribution in [0.25, 0.3) is 0 Å². The maximum atomic E-state index is 13.8. The van der Waals surface area contributed by atoms with Crippen molar-refractivity contribution in [3.05, 3.63) is 93.5 Å². The predicted octanol–water partition coefficient (Wildman–Crippen LogP) is 6.06. The van der Waals surface area contributed by atoms with Gasteiger partial charge in [0.15, 0.2) is 0 Å². The molecule has 0 aliphatic rings. The van der Waals surface area contributed by atoms with Gasteiger partial charge in [-0.05, 0) is 80.5 Å². The number of hydrogen-bond acceptors (Lipinski definition) is 4. The number of carbonyl (C=O) groups is 1. The van der Waals surface area contributed by atoms with Gasteiger partial charge in [-0.15, -0.1) is 11.8 Å². The van der Waals surface area contributed by atoms with E-state index in [1.807, 2.05) is 56.5 Å². The molecule has 0 saturated heterocycles. The number of hydrogen-bond donors (Lipinski definition) is 1. The Labute approximate surface area is 217 Å². The highest BCUT2D eigenvalue weighted by molar-refractivity contribution is 7.98. The van der Waals surface area contributed by atoms with Crippen LogP contribution in [-0.2, 0) is 21.4 Å². The van der Waals surface area contributed by atoms with Crippen LogP contribution in [0.5, 0.6) is 0 Å². The molecule has 0 fully saturated rings. The summed E-state index contributed by atoms with van der Waals surface area (Å²) in [5.74, 6) is -0.369. The van der Waals surface area contributed by atoms with Crippen LogP contribution < -0.4 is 5.32 Å². The van der Waals surface area contributed by atoms with Crippen molar-refractivity contribution >= 4 is 39.3 Å². The number of amides is 1. The smallest absolute Gasteiger partial charge is 0.244 e. The summed E-state index contributed by atoms with van der Waals surface area (Å²) >= 11 is 7.66. The summed E-state index contributed by atoms with van der Waals surface area (Å²) in [5.41, 5.74) is 4.00. The Kier molecular flexibility index (Phi) is 9.05. The summed E-state index contributed by atoms with van der Waals surface area (Å²) in [5, 5.41) is 3.51. The Morgan fingerprint density at radius 1 is 1.00 bits per heavy atom. The highest BCUT2D eigenvalue weighted by Gasteiger charge is 2.30. The Morgan fingerprint density at radius 2 is 1.57 bits per heavy atom. The van der Waals surface area contributed by atoms with E-state index in [-0.39, 0.29) is 29.9 Å². The first-order valence-electron chi connectivity index (χ1n) is 11.3. The van der Waals surface area contributed by atoms with E-state index in [0.29, 0.717) is 16.1 Å². The number of benzene rings is 3. The number of sulfonamides is 1. The first-order chi connectivity index (χ1) is 16.5. The molecule has 1 atom stereocenters. The van der Waals surface area contributed by atoms with Gasteiger partial charge < -0.3 is 5.32 Å². The molecule has 0 bridgehead atoms. The van der Waals surface area contributed by atoms with Gasteiger partial charge in [-0.1, -0.05) is 53.6 Å². The van der Waals surface area contributed by atoms with E-state index in [4.69, 9.17) is 11.6 Å². The number of nitrogens with zero attached hydrogens (tertiary/aromatic N) is 1. The fraction of sp³-hybridized carbons (Fsp3) is 0.296. The number of carbonyl (C=O) groups excluding carboxylic acids is 1. The second-order valence-corrected chi connectivity index (χ2v) is 11.9. The van der Waals surface area contributed by atoms with Crippen molar-refractivity contribution in [2.75, 3.05) is 12.8 Å². The van der Waals surface area contributed by atoms with Crippen LogP contribution in [0.4, 0.5) is 0 Å². The first kappa shape index (κ1) is 27.3. The van der Waals surface area contributed by atoms with Gasteiger partial charge >= 0.3 is 0 Å². The lowest BCUT2D eigenvalue weighted by Crippen LogP contribution is -2.41. The fourth-order valence-electron chi connectivity index (χ4n) is 4.15. The van der Waals surface area contributed by atoms with Crippen LogP contribution in [0, 0.1) is 20.8 Å². The van der Waals surface area contributed by atoms with Crippen molar-refractivity contribution in [1.82, 2.24) is 9.62 Å². The third-order valence-electron chi connectivity index (χ3n) is 5.79. The maximum Gasteiger partial charge on any atom is 0.244 e. The quantitative estimate of drug-likeness (QED) is 0.342. The molecule has 0 heterocycles. The molecular formula is C27H31ClN2O3S2. The molecule has 0 aliphatic heterocycles. The number of rotatable bonds is 9. The molecule has 35 heavy (non-hydrogen) atoms. The van der Waals surface area contributed by atoms with E-state index in [2.05, 4.69) is 5.32 Å². The standard InChI is InChI=1S/C27H31ClN2O3S2/c1-18-14-19(2)27(20(3)15-18)35(32,33)30(16-22-6-10-24(28)11-7-22)17-26(31)29-21(4)23-8-12-25(34-5)13-9-23/h6-15,21H,16-17H2,1-5H3,(H,29,31). The Balaban J connectivity index is 1.89. The maximum absolute atomic E-state index is 13.8. The first-order valence-corrected chi connectivity index (χ1v) is 14.3. The molecule has 1 unspecified atom stereocenters. The van der Waals surface area contributed by atoms with Crippen molar-refractivity contribution < 1.29 is 13.2 Å². The third-order valence-corrected chi connectivity index (χ3v) is 8.88. The normalized spacial score (nSPS) is 12.5. The lowest BCUT2D eigenvalue weighted by molar-refractivity contribution is -0.122. The molecule has 0 saturated carbocycles. The Bertz CT molecular complexity index is 1270. The molecule has 3 rings (SSSR count). The van der Waals surface area contributed by atoms with E-state index in [0.717, 1.165) is 21.6 Å². The minimum Gasteiger partial charge on any atom is -0.348 e. The summed E-state index contributed by atoms with van der Waals surface area (Å²) in [6.07, 6.45) is 2.01. The van der Waals surface area contributed by atoms with Crippen LogP contribution in [0.15, 0.2) is 70.5 Å². The molecule has 0 spiro atoms. The van der Waals surface area contributed by atoms with Crippen molar-refractivity contribution in [1.29, 1.82) is 0 Å². The molecule has 5 nitrogen and oxygen atoms in total. The minimum atomic E-state index is -3.96. The molecule has 0 radical (unpaired) electrons. The second kappa shape index (κ2) is 11.6. The summed E-state index contributed by atoms with van der Waals surface area (Å²) < 4.78 is 28.9. The summed E-state index contributed by atoms with van der Waals surface area (Å²) in [7, 11) is -3.96. The van der Waals surface area contributed by atoms with Gasteiger partial charge in [-0.25, -0.2) is 8.42 Å². The summed E-state index contributed by atoms with van der Waals surface area (Å²) in [4.78, 5) is 14.4. The van der Waals surface area contributed by atoms with Gasteiger partial charge in [-0.3, -0.25) is 4.79 Å². The summed E-state index contributed by atoms with van der Waals surface area (Å²) in [6.45, 7) is 7.14. The third kappa shape index (κ3) is 6.88. The largest absolute Gasteiger partial charge is 0.348 e. The highest BCUT2D eigenvalue weighted by atomic mass is 35.5. The SMILES string of the molecule is CSc1ccc(C(C)NC(=O)CN(Cc2ccc(Cl)cc2)S(=O)(=O)c2c(C)cc(C)cc2C)cc1.